The molecular weight excluding hydrogens is 520 g/mol. The van der Waals surface area contributed by atoms with E-state index in [2.05, 4.69) is 22.6 Å². The molecule has 0 bridgehead atoms. The van der Waals surface area contributed by atoms with Crippen LogP contribution in [-0.2, 0) is 16.8 Å². The summed E-state index contributed by atoms with van der Waals surface area (Å²) in [5, 5.41) is -0.0416. The van der Waals surface area contributed by atoms with Crippen LogP contribution in [0, 0.1) is 9.39 Å². The van der Waals surface area contributed by atoms with Crippen molar-refractivity contribution in [2.75, 3.05) is 19.9 Å². The van der Waals surface area contributed by atoms with Gasteiger partial charge in [0.2, 0.25) is 0 Å². The molecule has 0 unspecified atom stereocenters. The van der Waals surface area contributed by atoms with Gasteiger partial charge in [-0.3, -0.25) is 4.90 Å². The fourth-order valence-electron chi connectivity index (χ4n) is 3.33. The Morgan fingerprint density at radius 2 is 1.97 bits per heavy atom. The van der Waals surface area contributed by atoms with Crippen molar-refractivity contribution < 1.29 is 22.7 Å². The van der Waals surface area contributed by atoms with Gasteiger partial charge in [0.25, 0.3) is 0 Å². The molecule has 2 aromatic rings. The monoisotopic (exact) mass is 540 g/mol. The van der Waals surface area contributed by atoms with Crippen molar-refractivity contribution in [1.29, 1.82) is 0 Å². The maximum absolute atomic E-state index is 14.1. The number of ether oxygens (including phenoxy) is 1. The number of carbonyl (C=O) groups excluding carboxylic acids is 1. The van der Waals surface area contributed by atoms with E-state index in [-0.39, 0.29) is 18.1 Å². The third kappa shape index (κ3) is 4.23. The average molecular weight is 541 g/mol. The summed E-state index contributed by atoms with van der Waals surface area (Å²) in [6.07, 6.45) is 1.02. The zero-order chi connectivity index (χ0) is 21.6. The third-order valence-corrected chi connectivity index (χ3v) is 6.25. The molecule has 1 aliphatic rings. The zero-order valence-electron chi connectivity index (χ0n) is 16.2. The Morgan fingerprint density at radius 3 is 2.52 bits per heavy atom. The minimum atomic E-state index is -1.55. The van der Waals surface area contributed by atoms with E-state index in [0.29, 0.717) is 20.4 Å². The van der Waals surface area contributed by atoms with E-state index in [4.69, 9.17) is 16.3 Å². The average Bonchev–Trinajstić information content (AvgIpc) is 2.99. The topological polar surface area (TPSA) is 34.5 Å². The summed E-state index contributed by atoms with van der Waals surface area (Å²) >= 11 is 7.98. The molecule has 0 fully saturated rings. The van der Waals surface area contributed by atoms with Crippen LogP contribution >= 0.6 is 34.2 Å². The number of rotatable bonds is 3. The first-order valence-electron chi connectivity index (χ1n) is 8.97. The van der Waals surface area contributed by atoms with Crippen LogP contribution in [0.4, 0.5) is 18.0 Å². The van der Waals surface area contributed by atoms with E-state index in [0.717, 1.165) is 0 Å². The van der Waals surface area contributed by atoms with Crippen LogP contribution in [0.3, 0.4) is 0 Å². The number of hydrogen-bond donors (Lipinski definition) is 0. The Hall–Kier alpha value is -1.42. The van der Waals surface area contributed by atoms with Crippen molar-refractivity contribution in [3.8, 4) is 11.1 Å². The Balaban J connectivity index is 2.08. The molecule has 0 radical (unpaired) electrons. The van der Waals surface area contributed by atoms with E-state index in [1.807, 2.05) is 0 Å². The fourth-order valence-corrected chi connectivity index (χ4v) is 4.39. The normalized spacial score (nSPS) is 15.9. The molecule has 1 aliphatic heterocycles. The molecule has 0 atom stereocenters. The molecule has 0 aliphatic carbocycles. The van der Waals surface area contributed by atoms with Gasteiger partial charge < -0.3 is 9.30 Å². The SMILES string of the molecule is CC(C)(C)OC(=O)N1Cc2c(I)c(-c3ccc(F)c(Cl)c3)cn2C(CF)(CF)C1. The summed E-state index contributed by atoms with van der Waals surface area (Å²) in [6.45, 7) is 3.19. The fraction of sp³-hybridized carbons (Fsp3) is 0.450. The Morgan fingerprint density at radius 1 is 1.31 bits per heavy atom. The summed E-state index contributed by atoms with van der Waals surface area (Å²) < 4.78 is 49.5. The highest BCUT2D eigenvalue weighted by molar-refractivity contribution is 14.1. The van der Waals surface area contributed by atoms with Crippen LogP contribution < -0.4 is 0 Å². The van der Waals surface area contributed by atoms with Gasteiger partial charge in [0.15, 0.2) is 0 Å². The first kappa shape index (κ1) is 22.3. The molecule has 2 heterocycles. The van der Waals surface area contributed by atoms with Crippen LogP contribution in [-0.4, -0.2) is 41.1 Å². The van der Waals surface area contributed by atoms with Gasteiger partial charge in [0.05, 0.1) is 23.8 Å². The van der Waals surface area contributed by atoms with Crippen molar-refractivity contribution in [1.82, 2.24) is 9.47 Å². The smallest absolute Gasteiger partial charge is 0.410 e. The van der Waals surface area contributed by atoms with Gasteiger partial charge in [-0.15, -0.1) is 0 Å². The van der Waals surface area contributed by atoms with Crippen LogP contribution in [0.2, 0.25) is 5.02 Å². The number of hydrogen-bond acceptors (Lipinski definition) is 2. The molecular formula is C20H21ClF3IN2O2. The summed E-state index contributed by atoms with van der Waals surface area (Å²) in [4.78, 5) is 13.9. The van der Waals surface area contributed by atoms with E-state index in [1.54, 1.807) is 37.6 Å². The van der Waals surface area contributed by atoms with E-state index in [1.165, 1.54) is 17.0 Å². The lowest BCUT2D eigenvalue weighted by atomic mass is 9.99. The number of halogens is 5. The second-order valence-corrected chi connectivity index (χ2v) is 9.62. The van der Waals surface area contributed by atoms with Gasteiger partial charge in [-0.05, 0) is 61.1 Å². The van der Waals surface area contributed by atoms with Crippen LogP contribution in [0.1, 0.15) is 26.5 Å². The van der Waals surface area contributed by atoms with Crippen LogP contribution in [0.5, 0.6) is 0 Å². The second kappa shape index (κ2) is 8.02. The van der Waals surface area contributed by atoms with Gasteiger partial charge in [-0.1, -0.05) is 17.7 Å². The molecule has 0 spiro atoms. The first-order chi connectivity index (χ1) is 13.5. The number of alkyl halides is 2. The van der Waals surface area contributed by atoms with Crippen molar-refractivity contribution in [2.24, 2.45) is 0 Å². The molecule has 4 nitrogen and oxygen atoms in total. The first-order valence-corrected chi connectivity index (χ1v) is 10.4. The van der Waals surface area contributed by atoms with Gasteiger partial charge >= 0.3 is 6.09 Å². The van der Waals surface area contributed by atoms with Crippen molar-refractivity contribution >= 4 is 40.3 Å². The number of benzene rings is 1. The minimum absolute atomic E-state index is 0.0416. The van der Waals surface area contributed by atoms with Crippen molar-refractivity contribution in [3.05, 3.63) is 44.5 Å². The lowest BCUT2D eigenvalue weighted by molar-refractivity contribution is -0.000543. The predicted octanol–water partition coefficient (Wildman–Crippen LogP) is 5.94. The largest absolute Gasteiger partial charge is 0.444 e. The molecule has 0 saturated heterocycles. The predicted molar refractivity (Wildman–Crippen MR) is 114 cm³/mol. The molecule has 1 aromatic heterocycles. The lowest BCUT2D eigenvalue weighted by Gasteiger charge is -2.42. The Labute approximate surface area is 186 Å². The summed E-state index contributed by atoms with van der Waals surface area (Å²) in [5.41, 5.74) is -0.397. The number of amides is 1. The standard InChI is InChI=1S/C20H21ClF3IN2O2/c1-19(2,3)29-18(28)26-8-16-17(25)13(12-4-5-15(24)14(21)6-12)7-27(16)20(9-22,10-23)11-26/h4-7H,8-11H2,1-3H3. The number of nitrogens with zero attached hydrogens (tertiary/aromatic N) is 2. The van der Waals surface area contributed by atoms with Gasteiger partial charge in [0, 0.05) is 15.3 Å². The molecule has 0 saturated carbocycles. The Kier molecular flexibility index (Phi) is 6.16. The van der Waals surface area contributed by atoms with Crippen LogP contribution in [0.25, 0.3) is 11.1 Å². The highest BCUT2D eigenvalue weighted by atomic mass is 127. The lowest BCUT2D eigenvalue weighted by Crippen LogP contribution is -2.55. The van der Waals surface area contributed by atoms with Gasteiger partial charge in [-0.2, -0.15) is 0 Å². The second-order valence-electron chi connectivity index (χ2n) is 8.13. The van der Waals surface area contributed by atoms with Gasteiger partial charge in [0.1, 0.15) is 30.3 Å². The third-order valence-electron chi connectivity index (χ3n) is 4.76. The molecule has 3 rings (SSSR count). The maximum Gasteiger partial charge on any atom is 0.410 e. The summed E-state index contributed by atoms with van der Waals surface area (Å²) in [5.74, 6) is -0.549. The Bertz CT molecular complexity index is 939. The van der Waals surface area contributed by atoms with Crippen molar-refractivity contribution in [2.45, 2.75) is 38.5 Å². The molecule has 29 heavy (non-hydrogen) atoms. The van der Waals surface area contributed by atoms with Crippen LogP contribution in [0.15, 0.2) is 24.4 Å². The molecule has 1 aromatic carbocycles. The quantitative estimate of drug-likeness (QED) is 0.452. The minimum Gasteiger partial charge on any atom is -0.444 e. The zero-order valence-corrected chi connectivity index (χ0v) is 19.2. The van der Waals surface area contributed by atoms with Crippen molar-refractivity contribution in [3.63, 3.8) is 0 Å². The van der Waals surface area contributed by atoms with E-state index < -0.39 is 36.4 Å². The molecule has 158 valence electrons. The van der Waals surface area contributed by atoms with E-state index >= 15 is 0 Å². The molecule has 9 heteroatoms. The number of fused-ring (bicyclic) bond motifs is 1. The maximum atomic E-state index is 14.1. The highest BCUT2D eigenvalue weighted by Crippen LogP contribution is 2.39. The molecule has 1 amide bonds. The number of carbonyl (C=O) groups is 1. The molecule has 0 N–H and O–H groups in total. The number of aromatic nitrogens is 1. The summed E-state index contributed by atoms with van der Waals surface area (Å²) in [7, 11) is 0. The van der Waals surface area contributed by atoms with E-state index in [9.17, 15) is 18.0 Å². The highest BCUT2D eigenvalue weighted by Gasteiger charge is 2.44. The summed E-state index contributed by atoms with van der Waals surface area (Å²) in [6, 6.07) is 4.27. The van der Waals surface area contributed by atoms with Gasteiger partial charge in [-0.25, -0.2) is 18.0 Å².